The number of fused-ring (bicyclic) bond motifs is 1. The van der Waals surface area contributed by atoms with Crippen molar-refractivity contribution < 1.29 is 27.5 Å². The maximum absolute atomic E-state index is 12.8. The van der Waals surface area contributed by atoms with E-state index in [4.69, 9.17) is 16.3 Å². The van der Waals surface area contributed by atoms with E-state index in [0.29, 0.717) is 16.8 Å². The smallest absolute Gasteiger partial charge is 0.417 e. The predicted octanol–water partition coefficient (Wildman–Crippen LogP) is 1.18. The van der Waals surface area contributed by atoms with Crippen molar-refractivity contribution in [3.63, 3.8) is 0 Å². The first-order chi connectivity index (χ1) is 11.7. The highest BCUT2D eigenvalue weighted by molar-refractivity contribution is 6.30. The van der Waals surface area contributed by atoms with E-state index in [2.05, 4.69) is 0 Å². The van der Waals surface area contributed by atoms with Crippen LogP contribution in [0.25, 0.3) is 0 Å². The fourth-order valence-electron chi connectivity index (χ4n) is 2.83. The third-order valence-corrected chi connectivity index (χ3v) is 4.42. The first-order valence-electron chi connectivity index (χ1n) is 7.35. The van der Waals surface area contributed by atoms with Gasteiger partial charge in [-0.05, 0) is 6.07 Å². The maximum atomic E-state index is 12.8. The Morgan fingerprint density at radius 1 is 1.32 bits per heavy atom. The van der Waals surface area contributed by atoms with Gasteiger partial charge in [-0.1, -0.05) is 11.6 Å². The van der Waals surface area contributed by atoms with Crippen LogP contribution in [0.1, 0.15) is 5.56 Å². The van der Waals surface area contributed by atoms with Crippen molar-refractivity contribution in [3.8, 4) is 0 Å². The molecule has 0 spiro atoms. The normalized spacial score (nSPS) is 20.5. The Hall–Kier alpha value is -2.23. The Morgan fingerprint density at radius 3 is 2.72 bits per heavy atom. The molecule has 2 aliphatic heterocycles. The lowest BCUT2D eigenvalue weighted by atomic mass is 10.2. The molecule has 3 rings (SSSR count). The topological polar surface area (TPSA) is 71.9 Å². The largest absolute Gasteiger partial charge is 0.447 e. The van der Waals surface area contributed by atoms with Crippen LogP contribution >= 0.6 is 11.6 Å². The second-order valence-corrected chi connectivity index (χ2v) is 6.18. The summed E-state index contributed by atoms with van der Waals surface area (Å²) in [5.41, 5.74) is -1.98. The molecule has 1 aromatic rings. The van der Waals surface area contributed by atoms with E-state index in [1.165, 1.54) is 9.80 Å². The Balaban J connectivity index is 1.76. The summed E-state index contributed by atoms with van der Waals surface area (Å²) in [5, 5.41) is -0.609. The molecule has 0 radical (unpaired) electrons. The molecule has 11 heteroatoms. The molecule has 2 amide bonds. The number of piperazine rings is 1. The van der Waals surface area contributed by atoms with Crippen LogP contribution in [0.15, 0.2) is 17.1 Å². The molecular formula is C14H13ClF3N3O4. The molecule has 0 saturated carbocycles. The van der Waals surface area contributed by atoms with E-state index in [0.717, 1.165) is 0 Å². The van der Waals surface area contributed by atoms with Gasteiger partial charge < -0.3 is 14.2 Å². The number of hydrogen-bond acceptors (Lipinski definition) is 4. The zero-order valence-corrected chi connectivity index (χ0v) is 13.5. The predicted molar refractivity (Wildman–Crippen MR) is 79.1 cm³/mol. The number of nitrogens with zero attached hydrogens (tertiary/aromatic N) is 3. The van der Waals surface area contributed by atoms with Gasteiger partial charge >= 0.3 is 12.3 Å². The molecule has 0 bridgehead atoms. The third kappa shape index (κ3) is 3.44. The number of rotatable bonds is 2. The summed E-state index contributed by atoms with van der Waals surface area (Å²) in [6.45, 7) is 0.271. The van der Waals surface area contributed by atoms with Crippen molar-refractivity contribution in [2.75, 3.05) is 26.2 Å². The van der Waals surface area contributed by atoms with Gasteiger partial charge in [0.15, 0.2) is 0 Å². The van der Waals surface area contributed by atoms with Gasteiger partial charge in [0.2, 0.25) is 5.91 Å². The minimum atomic E-state index is -4.69. The highest BCUT2D eigenvalue weighted by Crippen LogP contribution is 2.29. The Bertz CT molecular complexity index is 780. The average molecular weight is 380 g/mol. The number of carbonyl (C=O) groups excluding carboxylic acids is 2. The van der Waals surface area contributed by atoms with Crippen molar-refractivity contribution in [1.82, 2.24) is 14.4 Å². The summed E-state index contributed by atoms with van der Waals surface area (Å²) < 4.78 is 44.0. The molecule has 2 saturated heterocycles. The van der Waals surface area contributed by atoms with Crippen molar-refractivity contribution >= 4 is 23.6 Å². The monoisotopic (exact) mass is 379 g/mol. The van der Waals surface area contributed by atoms with E-state index >= 15 is 0 Å². The average Bonchev–Trinajstić information content (AvgIpc) is 2.91. The molecule has 3 heterocycles. The fraction of sp³-hybridized carbons (Fsp3) is 0.500. The van der Waals surface area contributed by atoms with Crippen LogP contribution in [0.3, 0.4) is 0 Å². The molecule has 1 aromatic heterocycles. The summed E-state index contributed by atoms with van der Waals surface area (Å²) >= 11 is 5.56. The van der Waals surface area contributed by atoms with Crippen LogP contribution < -0.4 is 5.56 Å². The zero-order valence-electron chi connectivity index (χ0n) is 12.8. The molecule has 2 fully saturated rings. The van der Waals surface area contributed by atoms with E-state index in [1.54, 1.807) is 0 Å². The highest BCUT2D eigenvalue weighted by atomic mass is 35.5. The molecule has 25 heavy (non-hydrogen) atoms. The summed E-state index contributed by atoms with van der Waals surface area (Å²) in [5.74, 6) is -0.531. The van der Waals surface area contributed by atoms with Crippen LogP contribution in [0.5, 0.6) is 0 Å². The molecule has 2 aliphatic rings. The number of hydrogen-bond donors (Lipinski definition) is 0. The van der Waals surface area contributed by atoms with Gasteiger partial charge in [0.05, 0.1) is 11.6 Å². The van der Waals surface area contributed by atoms with Crippen LogP contribution in [0.4, 0.5) is 18.0 Å². The molecule has 0 aromatic carbocycles. The lowest BCUT2D eigenvalue weighted by Crippen LogP contribution is -2.54. The van der Waals surface area contributed by atoms with Gasteiger partial charge in [-0.2, -0.15) is 13.2 Å². The van der Waals surface area contributed by atoms with Crippen molar-refractivity contribution in [2.45, 2.75) is 18.8 Å². The summed E-state index contributed by atoms with van der Waals surface area (Å²) in [4.78, 5) is 38.6. The standard InChI is InChI=1S/C14H13ClF3N3O4/c15-10-3-8(14(16,17)18)4-20(12(10)23)6-11(22)19-1-2-21-9(5-19)7-25-13(21)24/h3-4,9H,1-2,5-7H2/t9-/m0/s1. The Kier molecular flexibility index (Phi) is 4.40. The third-order valence-electron chi connectivity index (χ3n) is 4.14. The second-order valence-electron chi connectivity index (χ2n) is 5.77. The van der Waals surface area contributed by atoms with Gasteiger partial charge in [-0.15, -0.1) is 0 Å². The number of aromatic nitrogens is 1. The number of ether oxygens (including phenoxy) is 1. The first kappa shape index (κ1) is 17.6. The first-order valence-corrected chi connectivity index (χ1v) is 7.73. The Morgan fingerprint density at radius 2 is 2.04 bits per heavy atom. The molecule has 0 unspecified atom stereocenters. The van der Waals surface area contributed by atoms with Crippen LogP contribution in [0.2, 0.25) is 5.02 Å². The molecule has 136 valence electrons. The minimum absolute atomic E-state index is 0.151. The van der Waals surface area contributed by atoms with E-state index in [1.807, 2.05) is 0 Å². The van der Waals surface area contributed by atoms with Gasteiger partial charge in [0.1, 0.15) is 18.2 Å². The number of cyclic esters (lactones) is 1. The zero-order chi connectivity index (χ0) is 18.4. The quantitative estimate of drug-likeness (QED) is 0.773. The second kappa shape index (κ2) is 6.25. The number of halogens is 4. The van der Waals surface area contributed by atoms with Gasteiger partial charge in [-0.3, -0.25) is 14.5 Å². The summed E-state index contributed by atoms with van der Waals surface area (Å²) in [6, 6.07) is 0.248. The number of amides is 2. The number of alkyl halides is 3. The van der Waals surface area contributed by atoms with Crippen LogP contribution in [0, 0.1) is 0 Å². The van der Waals surface area contributed by atoms with E-state index < -0.39 is 40.9 Å². The van der Waals surface area contributed by atoms with Crippen LogP contribution in [-0.4, -0.2) is 58.7 Å². The lowest BCUT2D eigenvalue weighted by Gasteiger charge is -2.35. The van der Waals surface area contributed by atoms with Gasteiger partial charge in [0.25, 0.3) is 5.56 Å². The molecule has 1 atom stereocenters. The fourth-order valence-corrected chi connectivity index (χ4v) is 3.06. The SMILES string of the molecule is O=C(Cn1cc(C(F)(F)F)cc(Cl)c1=O)N1CCN2C(=O)OC[C@@H]2C1. The highest BCUT2D eigenvalue weighted by Gasteiger charge is 2.39. The summed E-state index contributed by atoms with van der Waals surface area (Å²) in [7, 11) is 0. The number of carbonyl (C=O) groups is 2. The molecular weight excluding hydrogens is 367 g/mol. The molecule has 0 N–H and O–H groups in total. The van der Waals surface area contributed by atoms with Crippen molar-refractivity contribution in [2.24, 2.45) is 0 Å². The molecule has 7 nitrogen and oxygen atoms in total. The summed E-state index contributed by atoms with van der Waals surface area (Å²) in [6.07, 6.45) is -4.56. The van der Waals surface area contributed by atoms with Gasteiger partial charge in [0, 0.05) is 25.8 Å². The number of pyridine rings is 1. The van der Waals surface area contributed by atoms with Crippen molar-refractivity contribution in [1.29, 1.82) is 0 Å². The maximum Gasteiger partial charge on any atom is 0.417 e. The van der Waals surface area contributed by atoms with Crippen molar-refractivity contribution in [3.05, 3.63) is 33.2 Å². The van der Waals surface area contributed by atoms with E-state index in [9.17, 15) is 27.6 Å². The van der Waals surface area contributed by atoms with Gasteiger partial charge in [-0.25, -0.2) is 4.79 Å². The lowest BCUT2D eigenvalue weighted by molar-refractivity contribution is -0.139. The Labute approximate surface area is 144 Å². The van der Waals surface area contributed by atoms with Crippen LogP contribution in [-0.2, 0) is 22.3 Å². The minimum Gasteiger partial charge on any atom is -0.447 e. The molecule has 0 aliphatic carbocycles. The van der Waals surface area contributed by atoms with E-state index in [-0.39, 0.29) is 32.3 Å².